The van der Waals surface area contributed by atoms with Crippen LogP contribution in [0, 0.1) is 0 Å². The minimum absolute atomic E-state index is 0.723. The Morgan fingerprint density at radius 2 is 1.59 bits per heavy atom. The lowest BCUT2D eigenvalue weighted by molar-refractivity contribution is 1.35. The molecule has 0 bridgehead atoms. The standard InChI is InChI=1S/C15H14N2/c1-3-8-14(9-4-1)16-12-7-13-17-15-10-5-2-6-11-15/h1-11,16H,12H2. The molecular weight excluding hydrogens is 208 g/mol. The van der Waals surface area contributed by atoms with Crippen molar-refractivity contribution in [2.45, 2.75) is 0 Å². The van der Waals surface area contributed by atoms with E-state index in [-0.39, 0.29) is 0 Å². The summed E-state index contributed by atoms with van der Waals surface area (Å²) in [4.78, 5) is 4.19. The van der Waals surface area contributed by atoms with Crippen LogP contribution in [0.15, 0.2) is 71.7 Å². The van der Waals surface area contributed by atoms with Crippen molar-refractivity contribution in [3.63, 3.8) is 0 Å². The van der Waals surface area contributed by atoms with Crippen molar-refractivity contribution in [3.05, 3.63) is 66.7 Å². The van der Waals surface area contributed by atoms with Crippen LogP contribution in [-0.2, 0) is 0 Å². The minimum atomic E-state index is 0.723. The van der Waals surface area contributed by atoms with Gasteiger partial charge in [0.05, 0.1) is 5.69 Å². The predicted octanol–water partition coefficient (Wildman–Crippen LogP) is 3.66. The van der Waals surface area contributed by atoms with Gasteiger partial charge in [-0.3, -0.25) is 0 Å². The molecule has 0 unspecified atom stereocenters. The maximum atomic E-state index is 4.19. The lowest BCUT2D eigenvalue weighted by atomic mass is 10.3. The van der Waals surface area contributed by atoms with Gasteiger partial charge in [0.15, 0.2) is 0 Å². The molecule has 0 amide bonds. The molecule has 0 aromatic heterocycles. The Morgan fingerprint density at radius 3 is 2.29 bits per heavy atom. The summed E-state index contributed by atoms with van der Waals surface area (Å²) >= 11 is 0. The Kier molecular flexibility index (Phi) is 4.15. The topological polar surface area (TPSA) is 24.4 Å². The fourth-order valence-corrected chi connectivity index (χ4v) is 1.39. The summed E-state index contributed by atoms with van der Waals surface area (Å²) in [5.74, 6) is 2.91. The molecule has 17 heavy (non-hydrogen) atoms. The summed E-state index contributed by atoms with van der Waals surface area (Å²) in [5.41, 5.74) is 2.02. The number of anilines is 1. The highest BCUT2D eigenvalue weighted by atomic mass is 14.9. The number of para-hydroxylation sites is 2. The number of benzene rings is 2. The Morgan fingerprint density at radius 1 is 0.941 bits per heavy atom. The monoisotopic (exact) mass is 222 g/mol. The van der Waals surface area contributed by atoms with Crippen LogP contribution in [0.2, 0.25) is 0 Å². The van der Waals surface area contributed by atoms with Gasteiger partial charge in [0.2, 0.25) is 0 Å². The third kappa shape index (κ3) is 3.98. The van der Waals surface area contributed by atoms with E-state index in [2.05, 4.69) is 16.2 Å². The van der Waals surface area contributed by atoms with E-state index < -0.39 is 0 Å². The van der Waals surface area contributed by atoms with Crippen molar-refractivity contribution in [3.8, 4) is 0 Å². The molecule has 0 aliphatic heterocycles. The van der Waals surface area contributed by atoms with E-state index in [0.717, 1.165) is 17.9 Å². The number of hydrogen-bond donors (Lipinski definition) is 1. The molecule has 2 heteroatoms. The zero-order valence-corrected chi connectivity index (χ0v) is 9.51. The van der Waals surface area contributed by atoms with Gasteiger partial charge in [-0.05, 0) is 36.2 Å². The summed E-state index contributed by atoms with van der Waals surface area (Å²) < 4.78 is 0. The summed E-state index contributed by atoms with van der Waals surface area (Å²) in [6, 6.07) is 19.9. The molecule has 0 atom stereocenters. The Balaban J connectivity index is 1.85. The Hall–Kier alpha value is -2.31. The largest absolute Gasteiger partial charge is 0.381 e. The van der Waals surface area contributed by atoms with Crippen LogP contribution in [0.5, 0.6) is 0 Å². The van der Waals surface area contributed by atoms with Crippen LogP contribution in [0.3, 0.4) is 0 Å². The van der Waals surface area contributed by atoms with E-state index in [1.165, 1.54) is 0 Å². The average molecular weight is 222 g/mol. The first-order valence-electron chi connectivity index (χ1n) is 5.57. The number of rotatable bonds is 4. The molecule has 2 aromatic carbocycles. The van der Waals surface area contributed by atoms with Crippen LogP contribution in [0.25, 0.3) is 0 Å². The van der Waals surface area contributed by atoms with Gasteiger partial charge >= 0.3 is 0 Å². The molecule has 0 saturated carbocycles. The third-order valence-corrected chi connectivity index (χ3v) is 2.22. The van der Waals surface area contributed by atoms with Gasteiger partial charge in [-0.25, -0.2) is 4.99 Å². The van der Waals surface area contributed by atoms with Crippen LogP contribution in [-0.4, -0.2) is 12.4 Å². The number of hydrogen-bond acceptors (Lipinski definition) is 2. The molecule has 0 aliphatic rings. The first kappa shape index (κ1) is 11.2. The molecule has 0 spiro atoms. The third-order valence-electron chi connectivity index (χ3n) is 2.22. The van der Waals surface area contributed by atoms with Crippen LogP contribution in [0.1, 0.15) is 0 Å². The fourth-order valence-electron chi connectivity index (χ4n) is 1.39. The maximum Gasteiger partial charge on any atom is 0.0729 e. The first-order valence-corrected chi connectivity index (χ1v) is 5.57. The van der Waals surface area contributed by atoms with Gasteiger partial charge in [-0.15, -0.1) is 0 Å². The molecule has 1 N–H and O–H groups in total. The summed E-state index contributed by atoms with van der Waals surface area (Å²) in [6.45, 7) is 0.723. The normalized spacial score (nSPS) is 9.18. The summed E-state index contributed by atoms with van der Waals surface area (Å²) in [6.07, 6.45) is 1.88. The number of aliphatic imine (C=N–C) groups is 1. The second-order valence-corrected chi connectivity index (χ2v) is 3.53. The van der Waals surface area contributed by atoms with E-state index >= 15 is 0 Å². The van der Waals surface area contributed by atoms with Crippen molar-refractivity contribution in [1.82, 2.24) is 0 Å². The van der Waals surface area contributed by atoms with Crippen molar-refractivity contribution < 1.29 is 0 Å². The highest BCUT2D eigenvalue weighted by Gasteiger charge is 1.84. The zero-order chi connectivity index (χ0) is 11.8. The van der Waals surface area contributed by atoms with Crippen molar-refractivity contribution in [1.29, 1.82) is 0 Å². The lowest BCUT2D eigenvalue weighted by Crippen LogP contribution is -1.97. The fraction of sp³-hybridized carbons (Fsp3) is 0.0667. The molecule has 0 aliphatic carbocycles. The zero-order valence-electron chi connectivity index (χ0n) is 9.51. The van der Waals surface area contributed by atoms with E-state index in [1.807, 2.05) is 66.7 Å². The Bertz CT molecular complexity index is 497. The molecule has 0 fully saturated rings. The van der Waals surface area contributed by atoms with Crippen molar-refractivity contribution in [2.24, 2.45) is 4.99 Å². The molecule has 0 saturated heterocycles. The lowest BCUT2D eigenvalue weighted by Gasteiger charge is -1.99. The second kappa shape index (κ2) is 6.31. The van der Waals surface area contributed by atoms with Crippen LogP contribution < -0.4 is 5.32 Å². The van der Waals surface area contributed by atoms with E-state index in [0.29, 0.717) is 0 Å². The van der Waals surface area contributed by atoms with Gasteiger partial charge in [0.25, 0.3) is 0 Å². The van der Waals surface area contributed by atoms with E-state index in [1.54, 1.807) is 0 Å². The SMILES string of the molecule is C(=CCNc1ccccc1)=Nc1ccccc1. The average Bonchev–Trinajstić information content (AvgIpc) is 2.41. The minimum Gasteiger partial charge on any atom is -0.381 e. The Labute approximate surface area is 101 Å². The van der Waals surface area contributed by atoms with Gasteiger partial charge in [0, 0.05) is 12.2 Å². The van der Waals surface area contributed by atoms with Crippen LogP contribution >= 0.6 is 0 Å². The number of nitrogens with zero attached hydrogens (tertiary/aromatic N) is 1. The van der Waals surface area contributed by atoms with Crippen molar-refractivity contribution in [2.75, 3.05) is 11.9 Å². The molecule has 84 valence electrons. The van der Waals surface area contributed by atoms with Crippen LogP contribution in [0.4, 0.5) is 11.4 Å². The first-order chi connectivity index (χ1) is 8.45. The van der Waals surface area contributed by atoms with Gasteiger partial charge < -0.3 is 5.32 Å². The quantitative estimate of drug-likeness (QED) is 0.784. The maximum absolute atomic E-state index is 4.19. The summed E-state index contributed by atoms with van der Waals surface area (Å²) in [7, 11) is 0. The molecule has 2 nitrogen and oxygen atoms in total. The molecule has 2 rings (SSSR count). The molecule has 2 aromatic rings. The molecule has 0 radical (unpaired) electrons. The van der Waals surface area contributed by atoms with Crippen molar-refractivity contribution >= 4 is 17.2 Å². The smallest absolute Gasteiger partial charge is 0.0729 e. The summed E-state index contributed by atoms with van der Waals surface area (Å²) in [5, 5.41) is 3.25. The molecule has 0 heterocycles. The van der Waals surface area contributed by atoms with E-state index in [9.17, 15) is 0 Å². The van der Waals surface area contributed by atoms with Gasteiger partial charge in [-0.1, -0.05) is 36.4 Å². The number of nitrogens with one attached hydrogen (secondary N) is 1. The molecular formula is C15H14N2. The second-order valence-electron chi connectivity index (χ2n) is 3.53. The van der Waals surface area contributed by atoms with Gasteiger partial charge in [0.1, 0.15) is 0 Å². The highest BCUT2D eigenvalue weighted by molar-refractivity contribution is 5.59. The predicted molar refractivity (Wildman–Crippen MR) is 73.0 cm³/mol. The highest BCUT2D eigenvalue weighted by Crippen LogP contribution is 2.07. The van der Waals surface area contributed by atoms with E-state index in [4.69, 9.17) is 0 Å². The van der Waals surface area contributed by atoms with Gasteiger partial charge in [-0.2, -0.15) is 0 Å².